The van der Waals surface area contributed by atoms with Gasteiger partial charge in [0.25, 0.3) is 0 Å². The topological polar surface area (TPSA) is 42.8 Å². The van der Waals surface area contributed by atoms with E-state index in [4.69, 9.17) is 9.47 Å². The van der Waals surface area contributed by atoms with Gasteiger partial charge in [0.1, 0.15) is 12.3 Å². The summed E-state index contributed by atoms with van der Waals surface area (Å²) in [5.41, 5.74) is 3.51. The van der Waals surface area contributed by atoms with Crippen LogP contribution in [-0.4, -0.2) is 13.0 Å². The largest absolute Gasteiger partial charge is 0.459 e. The molecule has 2 rings (SSSR count). The van der Waals surface area contributed by atoms with Crippen molar-refractivity contribution in [2.75, 3.05) is 6.61 Å². The molecule has 0 unspecified atom stereocenters. The summed E-state index contributed by atoms with van der Waals surface area (Å²) in [6, 6.07) is 0. The molecule has 4 heteroatoms. The van der Waals surface area contributed by atoms with Crippen molar-refractivity contribution in [3.63, 3.8) is 0 Å². The van der Waals surface area contributed by atoms with Crippen LogP contribution in [0.2, 0.25) is 0 Å². The van der Waals surface area contributed by atoms with Gasteiger partial charge in [-0.3, -0.25) is 5.43 Å². The van der Waals surface area contributed by atoms with Crippen molar-refractivity contribution in [2.45, 2.75) is 0 Å². The molecule has 0 saturated heterocycles. The summed E-state index contributed by atoms with van der Waals surface area (Å²) < 4.78 is 10.0. The molecule has 0 aromatic carbocycles. The van der Waals surface area contributed by atoms with Crippen molar-refractivity contribution < 1.29 is 9.47 Å². The molecule has 0 amide bonds. The molecular formula is C6H6N2O2. The summed E-state index contributed by atoms with van der Waals surface area (Å²) in [6.07, 6.45) is 5.06. The smallest absolute Gasteiger partial charge is 0.312 e. The molecule has 0 aromatic rings. The number of ether oxygens (including phenoxy) is 2. The molecule has 0 bridgehead atoms. The van der Waals surface area contributed by atoms with E-state index in [1.54, 1.807) is 0 Å². The highest BCUT2D eigenvalue weighted by Gasteiger charge is 2.12. The van der Waals surface area contributed by atoms with Crippen molar-refractivity contribution in [1.29, 1.82) is 0 Å². The van der Waals surface area contributed by atoms with Crippen LogP contribution in [0.3, 0.4) is 0 Å². The van der Waals surface area contributed by atoms with Crippen LogP contribution in [0.15, 0.2) is 28.9 Å². The van der Waals surface area contributed by atoms with E-state index in [2.05, 4.69) is 10.5 Å². The Labute approximate surface area is 57.8 Å². The van der Waals surface area contributed by atoms with Crippen molar-refractivity contribution in [3.8, 4) is 0 Å². The molecule has 0 spiro atoms. The first-order chi connectivity index (χ1) is 4.97. The lowest BCUT2D eigenvalue weighted by Crippen LogP contribution is -2.18. The second kappa shape index (κ2) is 2.06. The molecule has 0 fully saturated rings. The summed E-state index contributed by atoms with van der Waals surface area (Å²) in [6.45, 7) is 0.564. The summed E-state index contributed by atoms with van der Waals surface area (Å²) >= 11 is 0. The predicted octanol–water partition coefficient (Wildman–Crippen LogP) is 0.305. The molecule has 2 aliphatic rings. The van der Waals surface area contributed by atoms with Crippen molar-refractivity contribution >= 4 is 6.40 Å². The Morgan fingerprint density at radius 1 is 1.60 bits per heavy atom. The van der Waals surface area contributed by atoms with E-state index in [-0.39, 0.29) is 0 Å². The third-order valence-electron chi connectivity index (χ3n) is 1.21. The average Bonchev–Trinajstić information content (AvgIpc) is 2.05. The van der Waals surface area contributed by atoms with Gasteiger partial charge in [0.15, 0.2) is 0 Å². The highest BCUT2D eigenvalue weighted by molar-refractivity contribution is 5.50. The summed E-state index contributed by atoms with van der Waals surface area (Å²) in [5, 5.41) is 3.68. The molecule has 0 aromatic heterocycles. The van der Waals surface area contributed by atoms with Crippen LogP contribution >= 0.6 is 0 Å². The predicted molar refractivity (Wildman–Crippen MR) is 34.8 cm³/mol. The third kappa shape index (κ3) is 0.737. The SMILES string of the molecule is C1=CC2=C(OC=NN2)OC1. The fraction of sp³-hybridized carbons (Fsp3) is 0.167. The monoisotopic (exact) mass is 138 g/mol. The van der Waals surface area contributed by atoms with E-state index in [9.17, 15) is 0 Å². The number of nitrogens with zero attached hydrogens (tertiary/aromatic N) is 1. The van der Waals surface area contributed by atoms with Gasteiger partial charge in [-0.15, -0.1) is 5.10 Å². The first kappa shape index (κ1) is 5.34. The maximum atomic E-state index is 5.10. The number of hydrogen-bond acceptors (Lipinski definition) is 4. The highest BCUT2D eigenvalue weighted by Crippen LogP contribution is 2.13. The van der Waals surface area contributed by atoms with Crippen LogP contribution in [0.4, 0.5) is 0 Å². The number of hydrogen-bond donors (Lipinski definition) is 1. The van der Waals surface area contributed by atoms with Crippen LogP contribution in [0.1, 0.15) is 0 Å². The lowest BCUT2D eigenvalue weighted by atomic mass is 10.3. The Kier molecular flexibility index (Phi) is 1.10. The molecule has 2 aliphatic heterocycles. The van der Waals surface area contributed by atoms with E-state index in [1.807, 2.05) is 12.2 Å². The minimum atomic E-state index is 0.498. The number of nitrogens with one attached hydrogen (secondary N) is 1. The van der Waals surface area contributed by atoms with Crippen LogP contribution < -0.4 is 5.43 Å². The van der Waals surface area contributed by atoms with Crippen LogP contribution in [0.5, 0.6) is 0 Å². The zero-order valence-corrected chi connectivity index (χ0v) is 5.20. The molecule has 0 aliphatic carbocycles. The molecule has 2 heterocycles. The van der Waals surface area contributed by atoms with E-state index in [0.29, 0.717) is 12.6 Å². The van der Waals surface area contributed by atoms with Gasteiger partial charge in [-0.05, 0) is 12.2 Å². The average molecular weight is 138 g/mol. The minimum Gasteiger partial charge on any atom is -0.459 e. The van der Waals surface area contributed by atoms with E-state index in [1.165, 1.54) is 6.40 Å². The Balaban J connectivity index is 2.25. The maximum Gasteiger partial charge on any atom is 0.312 e. The lowest BCUT2D eigenvalue weighted by molar-refractivity contribution is 0.110. The van der Waals surface area contributed by atoms with Crippen LogP contribution in [-0.2, 0) is 9.47 Å². The molecule has 0 atom stereocenters. The number of allylic oxidation sites excluding steroid dienone is 1. The van der Waals surface area contributed by atoms with Crippen molar-refractivity contribution in [3.05, 3.63) is 23.8 Å². The van der Waals surface area contributed by atoms with Gasteiger partial charge in [0.05, 0.1) is 0 Å². The molecule has 10 heavy (non-hydrogen) atoms. The Morgan fingerprint density at radius 3 is 3.50 bits per heavy atom. The summed E-state index contributed by atoms with van der Waals surface area (Å²) in [5.74, 6) is 0.498. The first-order valence-corrected chi connectivity index (χ1v) is 2.94. The zero-order valence-electron chi connectivity index (χ0n) is 5.20. The van der Waals surface area contributed by atoms with Crippen molar-refractivity contribution in [1.82, 2.24) is 5.43 Å². The Morgan fingerprint density at radius 2 is 2.60 bits per heavy atom. The Bertz CT molecular complexity index is 230. The normalized spacial score (nSPS) is 20.8. The summed E-state index contributed by atoms with van der Waals surface area (Å²) in [4.78, 5) is 0. The third-order valence-corrected chi connectivity index (χ3v) is 1.21. The fourth-order valence-corrected chi connectivity index (χ4v) is 0.786. The van der Waals surface area contributed by atoms with Gasteiger partial charge in [-0.2, -0.15) is 0 Å². The molecular weight excluding hydrogens is 132 g/mol. The van der Waals surface area contributed by atoms with Gasteiger partial charge >= 0.3 is 5.95 Å². The molecule has 0 saturated carbocycles. The van der Waals surface area contributed by atoms with Crippen LogP contribution in [0, 0.1) is 0 Å². The first-order valence-electron chi connectivity index (χ1n) is 2.94. The molecule has 4 nitrogen and oxygen atoms in total. The summed E-state index contributed by atoms with van der Waals surface area (Å²) in [7, 11) is 0. The number of rotatable bonds is 0. The second-order valence-electron chi connectivity index (χ2n) is 1.88. The quantitative estimate of drug-likeness (QED) is 0.523. The van der Waals surface area contributed by atoms with E-state index < -0.39 is 0 Å². The molecule has 52 valence electrons. The number of hydrazone groups is 1. The second-order valence-corrected chi connectivity index (χ2v) is 1.88. The molecule has 0 radical (unpaired) electrons. The van der Waals surface area contributed by atoms with Crippen LogP contribution in [0.25, 0.3) is 0 Å². The van der Waals surface area contributed by atoms with E-state index in [0.717, 1.165) is 5.70 Å². The maximum absolute atomic E-state index is 5.10. The Hall–Kier alpha value is -1.45. The lowest BCUT2D eigenvalue weighted by Gasteiger charge is -2.16. The van der Waals surface area contributed by atoms with Gasteiger partial charge in [0, 0.05) is 0 Å². The van der Waals surface area contributed by atoms with Crippen molar-refractivity contribution in [2.24, 2.45) is 5.10 Å². The van der Waals surface area contributed by atoms with Gasteiger partial charge in [-0.25, -0.2) is 0 Å². The molecule has 1 N–H and O–H groups in total. The zero-order chi connectivity index (χ0) is 6.81. The van der Waals surface area contributed by atoms with Gasteiger partial charge in [0.2, 0.25) is 6.40 Å². The van der Waals surface area contributed by atoms with E-state index >= 15 is 0 Å². The highest BCUT2D eigenvalue weighted by atomic mass is 16.7. The standard InChI is InChI=1S/C6H6N2O2/c1-2-5-6(9-3-1)10-4-7-8-5/h1-2,4,8H,3H2. The van der Waals surface area contributed by atoms with Gasteiger partial charge < -0.3 is 9.47 Å². The van der Waals surface area contributed by atoms with Gasteiger partial charge in [-0.1, -0.05) is 0 Å². The minimum absolute atomic E-state index is 0.498. The fourth-order valence-electron chi connectivity index (χ4n) is 0.786.